The molecule has 1 saturated carbocycles. The molecule has 1 aliphatic rings. The van der Waals surface area contributed by atoms with Gasteiger partial charge in [0.15, 0.2) is 0 Å². The Balaban J connectivity index is 2.12. The number of nitrogens with two attached hydrogens (primary N) is 1. The lowest BCUT2D eigenvalue weighted by Gasteiger charge is -2.21. The average molecular weight is 243 g/mol. The lowest BCUT2D eigenvalue weighted by molar-refractivity contribution is 0.386. The number of nitrogens with zero attached hydrogens (tertiary/aromatic N) is 2. The van der Waals surface area contributed by atoms with E-state index in [9.17, 15) is 0 Å². The fraction of sp³-hybridized carbons (Fsp3) is 0.429. The van der Waals surface area contributed by atoms with E-state index in [0.29, 0.717) is 5.88 Å². The maximum Gasteiger partial charge on any atom is 0.230 e. The number of rotatable bonds is 2. The van der Waals surface area contributed by atoms with Crippen LogP contribution in [0.5, 0.6) is 0 Å². The fourth-order valence-corrected chi connectivity index (χ4v) is 2.90. The van der Waals surface area contributed by atoms with Crippen molar-refractivity contribution in [3.05, 3.63) is 30.2 Å². The van der Waals surface area contributed by atoms with E-state index in [1.165, 1.54) is 12.8 Å². The topological polar surface area (TPSA) is 64.9 Å². The van der Waals surface area contributed by atoms with Crippen LogP contribution < -0.4 is 5.73 Å². The molecule has 0 amide bonds. The lowest BCUT2D eigenvalue weighted by atomic mass is 9.82. The minimum absolute atomic E-state index is 0.0969. The molecule has 2 aromatic rings. The minimum atomic E-state index is 0.0969. The number of pyridine rings is 1. The summed E-state index contributed by atoms with van der Waals surface area (Å²) in [6, 6.07) is 3.90. The Morgan fingerprint density at radius 3 is 2.56 bits per heavy atom. The molecular weight excluding hydrogens is 226 g/mol. The first-order valence-electron chi connectivity index (χ1n) is 6.37. The van der Waals surface area contributed by atoms with Crippen molar-refractivity contribution < 1.29 is 4.52 Å². The summed E-state index contributed by atoms with van der Waals surface area (Å²) in [6.07, 6.45) is 8.33. The Bertz CT molecular complexity index is 541. The Morgan fingerprint density at radius 2 is 1.89 bits per heavy atom. The molecule has 2 heterocycles. The Hall–Kier alpha value is -1.84. The van der Waals surface area contributed by atoms with Gasteiger partial charge in [-0.1, -0.05) is 24.9 Å². The molecule has 4 heteroatoms. The maximum absolute atomic E-state index is 5.95. The number of aromatic nitrogens is 2. The molecule has 0 bridgehead atoms. The highest BCUT2D eigenvalue weighted by Crippen LogP contribution is 2.45. The van der Waals surface area contributed by atoms with Crippen molar-refractivity contribution in [2.45, 2.75) is 38.0 Å². The SMILES string of the molecule is CC1(c2noc(N)c2-c2ccncc2)CCCC1. The van der Waals surface area contributed by atoms with Gasteiger partial charge in [0, 0.05) is 17.8 Å². The largest absolute Gasteiger partial charge is 0.367 e. The maximum atomic E-state index is 5.95. The zero-order chi connectivity index (χ0) is 12.6. The van der Waals surface area contributed by atoms with Gasteiger partial charge in [-0.2, -0.15) is 0 Å². The number of hydrogen-bond donors (Lipinski definition) is 1. The highest BCUT2D eigenvalue weighted by molar-refractivity contribution is 5.75. The van der Waals surface area contributed by atoms with Gasteiger partial charge in [-0.05, 0) is 30.5 Å². The van der Waals surface area contributed by atoms with E-state index in [2.05, 4.69) is 17.1 Å². The van der Waals surface area contributed by atoms with Gasteiger partial charge in [0.05, 0.1) is 11.3 Å². The molecule has 0 radical (unpaired) electrons. The van der Waals surface area contributed by atoms with Crippen LogP contribution in [0.2, 0.25) is 0 Å². The van der Waals surface area contributed by atoms with Gasteiger partial charge in [-0.25, -0.2) is 0 Å². The number of anilines is 1. The molecule has 0 aromatic carbocycles. The second-order valence-electron chi connectivity index (χ2n) is 5.27. The van der Waals surface area contributed by atoms with E-state index in [1.54, 1.807) is 12.4 Å². The molecule has 3 rings (SSSR count). The third-order valence-electron chi connectivity index (χ3n) is 3.97. The van der Waals surface area contributed by atoms with Crippen LogP contribution >= 0.6 is 0 Å². The third-order valence-corrected chi connectivity index (χ3v) is 3.97. The molecule has 1 fully saturated rings. The Morgan fingerprint density at radius 1 is 1.22 bits per heavy atom. The molecule has 0 saturated heterocycles. The molecule has 18 heavy (non-hydrogen) atoms. The van der Waals surface area contributed by atoms with Crippen LogP contribution in [0.1, 0.15) is 38.3 Å². The summed E-state index contributed by atoms with van der Waals surface area (Å²) in [6.45, 7) is 2.25. The smallest absolute Gasteiger partial charge is 0.230 e. The van der Waals surface area contributed by atoms with Crippen molar-refractivity contribution in [1.29, 1.82) is 0 Å². The van der Waals surface area contributed by atoms with Crippen molar-refractivity contribution >= 4 is 5.88 Å². The molecule has 0 spiro atoms. The van der Waals surface area contributed by atoms with Crippen molar-refractivity contribution in [2.24, 2.45) is 0 Å². The zero-order valence-corrected chi connectivity index (χ0v) is 10.5. The van der Waals surface area contributed by atoms with Gasteiger partial charge >= 0.3 is 0 Å². The highest BCUT2D eigenvalue weighted by Gasteiger charge is 2.36. The van der Waals surface area contributed by atoms with E-state index >= 15 is 0 Å². The predicted octanol–water partition coefficient (Wildman–Crippen LogP) is 3.15. The summed E-state index contributed by atoms with van der Waals surface area (Å²) in [4.78, 5) is 4.04. The fourth-order valence-electron chi connectivity index (χ4n) is 2.90. The minimum Gasteiger partial charge on any atom is -0.367 e. The molecule has 1 aliphatic carbocycles. The van der Waals surface area contributed by atoms with Crippen LogP contribution in [0.25, 0.3) is 11.1 Å². The molecule has 0 atom stereocenters. The van der Waals surface area contributed by atoms with Gasteiger partial charge in [-0.3, -0.25) is 4.98 Å². The average Bonchev–Trinajstić information content (AvgIpc) is 2.98. The van der Waals surface area contributed by atoms with Gasteiger partial charge in [0.1, 0.15) is 0 Å². The van der Waals surface area contributed by atoms with Gasteiger partial charge < -0.3 is 10.3 Å². The van der Waals surface area contributed by atoms with Crippen molar-refractivity contribution in [3.8, 4) is 11.1 Å². The summed E-state index contributed by atoms with van der Waals surface area (Å²) in [5, 5.41) is 4.23. The number of nitrogen functional groups attached to an aromatic ring is 1. The van der Waals surface area contributed by atoms with Crippen molar-refractivity contribution in [1.82, 2.24) is 10.1 Å². The van der Waals surface area contributed by atoms with Crippen LogP contribution in [-0.4, -0.2) is 10.1 Å². The standard InChI is InChI=1S/C14H17N3O/c1-14(6-2-3-7-14)12-11(13(15)18-17-12)10-4-8-16-9-5-10/h4-5,8-9H,2-3,6-7,15H2,1H3. The summed E-state index contributed by atoms with van der Waals surface area (Å²) in [7, 11) is 0. The summed E-state index contributed by atoms with van der Waals surface area (Å²) >= 11 is 0. The molecule has 2 aromatic heterocycles. The van der Waals surface area contributed by atoms with E-state index in [1.807, 2.05) is 12.1 Å². The zero-order valence-electron chi connectivity index (χ0n) is 10.5. The van der Waals surface area contributed by atoms with E-state index < -0.39 is 0 Å². The summed E-state index contributed by atoms with van der Waals surface area (Å²) < 4.78 is 5.24. The van der Waals surface area contributed by atoms with Crippen LogP contribution in [0.4, 0.5) is 5.88 Å². The van der Waals surface area contributed by atoms with Gasteiger partial charge in [0.2, 0.25) is 5.88 Å². The second-order valence-corrected chi connectivity index (χ2v) is 5.27. The molecular formula is C14H17N3O. The summed E-state index contributed by atoms with van der Waals surface area (Å²) in [5.74, 6) is 0.407. The molecule has 94 valence electrons. The Labute approximate surface area is 106 Å². The first-order valence-corrected chi connectivity index (χ1v) is 6.37. The second kappa shape index (κ2) is 4.12. The van der Waals surface area contributed by atoms with Crippen LogP contribution in [0.3, 0.4) is 0 Å². The quantitative estimate of drug-likeness (QED) is 0.880. The van der Waals surface area contributed by atoms with Crippen molar-refractivity contribution in [2.75, 3.05) is 5.73 Å². The molecule has 2 N–H and O–H groups in total. The molecule has 4 nitrogen and oxygen atoms in total. The Kier molecular flexibility index (Phi) is 2.58. The summed E-state index contributed by atoms with van der Waals surface area (Å²) in [5.41, 5.74) is 9.03. The lowest BCUT2D eigenvalue weighted by Crippen LogP contribution is -2.18. The van der Waals surface area contributed by atoms with Crippen LogP contribution in [-0.2, 0) is 5.41 Å². The molecule has 0 aliphatic heterocycles. The van der Waals surface area contributed by atoms with Crippen molar-refractivity contribution in [3.63, 3.8) is 0 Å². The van der Waals surface area contributed by atoms with Gasteiger partial charge in [0.25, 0.3) is 0 Å². The predicted molar refractivity (Wildman–Crippen MR) is 70.0 cm³/mol. The van der Waals surface area contributed by atoms with Gasteiger partial charge in [-0.15, -0.1) is 0 Å². The highest BCUT2D eigenvalue weighted by atomic mass is 16.5. The molecule has 0 unspecified atom stereocenters. The first-order chi connectivity index (χ1) is 8.71. The normalized spacial score (nSPS) is 18.1. The van der Waals surface area contributed by atoms with E-state index in [0.717, 1.165) is 29.7 Å². The van der Waals surface area contributed by atoms with E-state index in [4.69, 9.17) is 10.3 Å². The van der Waals surface area contributed by atoms with E-state index in [-0.39, 0.29) is 5.41 Å². The van der Waals surface area contributed by atoms with Crippen LogP contribution in [0.15, 0.2) is 29.0 Å². The number of hydrogen-bond acceptors (Lipinski definition) is 4. The third kappa shape index (κ3) is 1.68. The monoisotopic (exact) mass is 243 g/mol. The first kappa shape index (κ1) is 11.3. The van der Waals surface area contributed by atoms with Crippen LogP contribution in [0, 0.1) is 0 Å².